The van der Waals surface area contributed by atoms with Gasteiger partial charge in [-0.3, -0.25) is 9.59 Å². The van der Waals surface area contributed by atoms with Crippen molar-refractivity contribution in [3.63, 3.8) is 0 Å². The number of rotatable bonds is 3. The van der Waals surface area contributed by atoms with Crippen molar-refractivity contribution in [1.29, 1.82) is 0 Å². The van der Waals surface area contributed by atoms with Crippen molar-refractivity contribution in [3.05, 3.63) is 47.4 Å². The standard InChI is InChI=1S/C17H19FN4O4S/c1-21-15(17(24)22-8-6-12(7-9-22)16(19)23)10-14(20-27(21,25)26)11-2-4-13(18)5-3-11/h2-5,10,12H,6-9H2,1H3,(H2,19,23). The minimum Gasteiger partial charge on any atom is -0.369 e. The lowest BCUT2D eigenvalue weighted by molar-refractivity contribution is -0.132. The number of nitrogens with two attached hydrogens (primary N) is 1. The Kier molecular flexibility index (Phi) is 5.01. The smallest absolute Gasteiger partial charge is 0.345 e. The van der Waals surface area contributed by atoms with Gasteiger partial charge < -0.3 is 10.6 Å². The van der Waals surface area contributed by atoms with E-state index in [0.717, 1.165) is 4.31 Å². The van der Waals surface area contributed by atoms with Crippen molar-refractivity contribution >= 4 is 27.7 Å². The number of likely N-dealkylation sites (N-methyl/N-ethyl adjacent to an activating group) is 1. The molecule has 1 aromatic rings. The van der Waals surface area contributed by atoms with Gasteiger partial charge in [-0.25, -0.2) is 8.70 Å². The first kappa shape index (κ1) is 19.0. The quantitative estimate of drug-likeness (QED) is 0.800. The Morgan fingerprint density at radius 1 is 1.19 bits per heavy atom. The molecule has 0 saturated carbocycles. The van der Waals surface area contributed by atoms with Crippen LogP contribution in [0.25, 0.3) is 0 Å². The topological polar surface area (TPSA) is 113 Å². The number of allylic oxidation sites excluding steroid dienone is 1. The lowest BCUT2D eigenvalue weighted by Gasteiger charge is -2.33. The van der Waals surface area contributed by atoms with Crippen LogP contribution in [0.2, 0.25) is 0 Å². The minimum atomic E-state index is -4.09. The van der Waals surface area contributed by atoms with E-state index in [1.54, 1.807) is 0 Å². The second-order valence-corrected chi connectivity index (χ2v) is 8.05. The molecule has 10 heteroatoms. The predicted octanol–water partition coefficient (Wildman–Crippen LogP) is 0.413. The van der Waals surface area contributed by atoms with Gasteiger partial charge in [-0.15, -0.1) is 4.40 Å². The molecule has 144 valence electrons. The zero-order valence-electron chi connectivity index (χ0n) is 14.6. The zero-order chi connectivity index (χ0) is 19.8. The van der Waals surface area contributed by atoms with Gasteiger partial charge in [0.05, 0.1) is 5.71 Å². The van der Waals surface area contributed by atoms with Crippen LogP contribution in [0, 0.1) is 11.7 Å². The van der Waals surface area contributed by atoms with E-state index < -0.39 is 27.8 Å². The van der Waals surface area contributed by atoms with E-state index >= 15 is 0 Å². The minimum absolute atomic E-state index is 0.0538. The largest absolute Gasteiger partial charge is 0.369 e. The highest BCUT2D eigenvalue weighted by molar-refractivity contribution is 7.88. The van der Waals surface area contributed by atoms with Gasteiger partial charge in [0.15, 0.2) is 0 Å². The van der Waals surface area contributed by atoms with Crippen molar-refractivity contribution in [2.45, 2.75) is 12.8 Å². The van der Waals surface area contributed by atoms with Gasteiger partial charge >= 0.3 is 10.2 Å². The van der Waals surface area contributed by atoms with Crippen LogP contribution in [-0.4, -0.2) is 55.3 Å². The normalized spacial score (nSPS) is 20.1. The highest BCUT2D eigenvalue weighted by Crippen LogP contribution is 2.24. The average Bonchev–Trinajstić information content (AvgIpc) is 2.64. The molecule has 0 spiro atoms. The molecule has 2 aliphatic heterocycles. The fourth-order valence-electron chi connectivity index (χ4n) is 3.04. The van der Waals surface area contributed by atoms with Crippen molar-refractivity contribution in [2.75, 3.05) is 20.1 Å². The third-order valence-corrected chi connectivity index (χ3v) is 6.03. The Bertz CT molecular complexity index is 932. The average molecular weight is 394 g/mol. The summed E-state index contributed by atoms with van der Waals surface area (Å²) >= 11 is 0. The predicted molar refractivity (Wildman–Crippen MR) is 96.2 cm³/mol. The molecule has 0 aromatic heterocycles. The molecule has 1 fully saturated rings. The molecule has 2 heterocycles. The second-order valence-electron chi connectivity index (χ2n) is 6.43. The number of primary amides is 1. The fourth-order valence-corrected chi connectivity index (χ4v) is 3.95. The summed E-state index contributed by atoms with van der Waals surface area (Å²) in [6.45, 7) is 0.612. The summed E-state index contributed by atoms with van der Waals surface area (Å²) in [7, 11) is -2.84. The number of likely N-dealkylation sites (tertiary alicyclic amines) is 1. The number of nitrogens with zero attached hydrogens (tertiary/aromatic N) is 3. The monoisotopic (exact) mass is 394 g/mol. The van der Waals surface area contributed by atoms with Crippen LogP contribution in [0.5, 0.6) is 0 Å². The summed E-state index contributed by atoms with van der Waals surface area (Å²) in [5.74, 6) is -1.62. The Hall–Kier alpha value is -2.75. The molecule has 2 amide bonds. The van der Waals surface area contributed by atoms with E-state index in [4.69, 9.17) is 5.73 Å². The molecular weight excluding hydrogens is 375 g/mol. The maximum Gasteiger partial charge on any atom is 0.345 e. The number of amides is 2. The summed E-state index contributed by atoms with van der Waals surface area (Å²) in [4.78, 5) is 25.6. The number of hydrogen-bond donors (Lipinski definition) is 1. The van der Waals surface area contributed by atoms with E-state index in [1.165, 1.54) is 42.3 Å². The van der Waals surface area contributed by atoms with E-state index in [9.17, 15) is 22.4 Å². The van der Waals surface area contributed by atoms with Crippen LogP contribution in [0.4, 0.5) is 4.39 Å². The van der Waals surface area contributed by atoms with Gasteiger partial charge in [0.2, 0.25) is 5.91 Å². The van der Waals surface area contributed by atoms with Gasteiger partial charge in [-0.2, -0.15) is 8.42 Å². The molecule has 3 rings (SSSR count). The lowest BCUT2D eigenvalue weighted by atomic mass is 9.96. The Labute approximate surface area is 156 Å². The van der Waals surface area contributed by atoms with Crippen LogP contribution < -0.4 is 5.73 Å². The number of benzene rings is 1. The second kappa shape index (κ2) is 7.10. The van der Waals surface area contributed by atoms with Gasteiger partial charge in [-0.1, -0.05) is 0 Å². The first-order chi connectivity index (χ1) is 12.7. The molecule has 1 aromatic carbocycles. The number of hydrogen-bond acceptors (Lipinski definition) is 4. The van der Waals surface area contributed by atoms with E-state index in [2.05, 4.69) is 4.40 Å². The first-order valence-electron chi connectivity index (χ1n) is 8.34. The highest BCUT2D eigenvalue weighted by Gasteiger charge is 2.34. The molecule has 2 N–H and O–H groups in total. The zero-order valence-corrected chi connectivity index (χ0v) is 15.4. The van der Waals surface area contributed by atoms with Crippen molar-refractivity contribution in [1.82, 2.24) is 9.21 Å². The molecule has 0 unspecified atom stereocenters. The number of halogens is 1. The molecule has 0 atom stereocenters. The van der Waals surface area contributed by atoms with Crippen LogP contribution >= 0.6 is 0 Å². The summed E-state index contributed by atoms with van der Waals surface area (Å²) in [6.07, 6.45) is 2.24. The molecule has 8 nitrogen and oxygen atoms in total. The van der Waals surface area contributed by atoms with Crippen LogP contribution in [0.1, 0.15) is 18.4 Å². The van der Waals surface area contributed by atoms with Crippen molar-refractivity contribution < 1.29 is 22.4 Å². The molecule has 0 bridgehead atoms. The molecular formula is C17H19FN4O4S. The van der Waals surface area contributed by atoms with E-state index in [-0.39, 0.29) is 17.3 Å². The fraction of sp³-hybridized carbons (Fsp3) is 0.353. The first-order valence-corrected chi connectivity index (χ1v) is 9.74. The lowest BCUT2D eigenvalue weighted by Crippen LogP contribution is -2.45. The van der Waals surface area contributed by atoms with E-state index in [0.29, 0.717) is 31.5 Å². The van der Waals surface area contributed by atoms with Gasteiger partial charge in [-0.05, 0) is 43.2 Å². The Morgan fingerprint density at radius 3 is 2.33 bits per heavy atom. The van der Waals surface area contributed by atoms with Crippen molar-refractivity contribution in [2.24, 2.45) is 16.0 Å². The van der Waals surface area contributed by atoms with Crippen LogP contribution in [0.15, 0.2) is 40.4 Å². The number of piperidine rings is 1. The number of carbonyl (C=O) groups excluding carboxylic acids is 2. The third kappa shape index (κ3) is 3.85. The summed E-state index contributed by atoms with van der Waals surface area (Å²) in [5, 5.41) is 0. The molecule has 27 heavy (non-hydrogen) atoms. The van der Waals surface area contributed by atoms with Crippen LogP contribution in [0.3, 0.4) is 0 Å². The summed E-state index contributed by atoms with van der Waals surface area (Å²) in [5.41, 5.74) is 5.68. The third-order valence-electron chi connectivity index (χ3n) is 4.72. The maximum atomic E-state index is 13.1. The highest BCUT2D eigenvalue weighted by atomic mass is 32.2. The summed E-state index contributed by atoms with van der Waals surface area (Å²) < 4.78 is 42.4. The summed E-state index contributed by atoms with van der Waals surface area (Å²) in [6, 6.07) is 5.16. The maximum absolute atomic E-state index is 13.1. The SMILES string of the molecule is CN1C(C(=O)N2CCC(C(N)=O)CC2)=CC(c2ccc(F)cc2)=NS1(=O)=O. The van der Waals surface area contributed by atoms with Gasteiger partial charge in [0.1, 0.15) is 11.5 Å². The van der Waals surface area contributed by atoms with Gasteiger partial charge in [0, 0.05) is 31.6 Å². The molecule has 0 radical (unpaired) electrons. The van der Waals surface area contributed by atoms with Crippen LogP contribution in [-0.2, 0) is 19.8 Å². The molecule has 1 saturated heterocycles. The van der Waals surface area contributed by atoms with Crippen molar-refractivity contribution in [3.8, 4) is 0 Å². The Balaban J connectivity index is 1.89. The molecule has 0 aliphatic carbocycles. The number of carbonyl (C=O) groups is 2. The Morgan fingerprint density at radius 2 is 1.78 bits per heavy atom. The van der Waals surface area contributed by atoms with E-state index in [1.807, 2.05) is 0 Å². The van der Waals surface area contributed by atoms with Gasteiger partial charge in [0.25, 0.3) is 5.91 Å². The molecule has 2 aliphatic rings.